The molecular weight excluding hydrogens is 284 g/mol. The van der Waals surface area contributed by atoms with Crippen LogP contribution in [0.15, 0.2) is 0 Å². The molecule has 22 heavy (non-hydrogen) atoms. The maximum Gasteiger partial charge on any atom is 0.248 e. The summed E-state index contributed by atoms with van der Waals surface area (Å²) in [6, 6.07) is 0.464. The molecule has 0 saturated carbocycles. The van der Waals surface area contributed by atoms with Gasteiger partial charge in [0.25, 0.3) is 0 Å². The topological polar surface area (TPSA) is 51.2 Å². The Kier molecular flexibility index (Phi) is 5.68. The highest BCUT2D eigenvalue weighted by molar-refractivity contribution is 5.77. The van der Waals surface area contributed by atoms with Gasteiger partial charge >= 0.3 is 0 Å². The van der Waals surface area contributed by atoms with Crippen molar-refractivity contribution in [1.82, 2.24) is 9.80 Å². The Hall–Kier alpha value is -0.690. The first kappa shape index (κ1) is 16.2. The predicted octanol–water partition coefficient (Wildman–Crippen LogP) is 0.361. The van der Waals surface area contributed by atoms with Crippen molar-refractivity contribution in [2.45, 2.75) is 31.9 Å². The first-order valence-corrected chi connectivity index (χ1v) is 8.53. The summed E-state index contributed by atoms with van der Waals surface area (Å²) in [4.78, 5) is 16.7. The Morgan fingerprint density at radius 2 is 2.05 bits per heavy atom. The van der Waals surface area contributed by atoms with E-state index in [1.54, 1.807) is 0 Å². The van der Waals surface area contributed by atoms with Gasteiger partial charge in [-0.3, -0.25) is 9.69 Å². The minimum absolute atomic E-state index is 0.112. The normalized spacial score (nSPS) is 33.5. The van der Waals surface area contributed by atoms with Crippen molar-refractivity contribution in [3.8, 4) is 0 Å². The summed E-state index contributed by atoms with van der Waals surface area (Å²) in [7, 11) is 0. The molecule has 0 N–H and O–H groups in total. The van der Waals surface area contributed by atoms with E-state index in [9.17, 15) is 4.79 Å². The number of morpholine rings is 1. The van der Waals surface area contributed by atoms with Gasteiger partial charge in [0.2, 0.25) is 5.91 Å². The number of nitrogens with zero attached hydrogens (tertiary/aromatic N) is 2. The number of rotatable bonds is 5. The van der Waals surface area contributed by atoms with Crippen molar-refractivity contribution >= 4 is 5.91 Å². The minimum Gasteiger partial charge on any atom is -0.379 e. The molecule has 0 bridgehead atoms. The van der Waals surface area contributed by atoms with E-state index in [1.807, 2.05) is 4.90 Å². The Morgan fingerprint density at radius 3 is 2.77 bits per heavy atom. The summed E-state index contributed by atoms with van der Waals surface area (Å²) in [6.07, 6.45) is 2.34. The molecule has 1 amide bonds. The van der Waals surface area contributed by atoms with Crippen LogP contribution in [0.2, 0.25) is 0 Å². The predicted molar refractivity (Wildman–Crippen MR) is 81.7 cm³/mol. The van der Waals surface area contributed by atoms with Gasteiger partial charge in [0, 0.05) is 38.8 Å². The van der Waals surface area contributed by atoms with Crippen molar-refractivity contribution in [3.63, 3.8) is 0 Å². The minimum atomic E-state index is 0.112. The Morgan fingerprint density at radius 1 is 1.23 bits per heavy atom. The second-order valence-corrected chi connectivity index (χ2v) is 6.64. The number of likely N-dealkylation sites (tertiary alicyclic amines) is 1. The Labute approximate surface area is 132 Å². The van der Waals surface area contributed by atoms with E-state index in [4.69, 9.17) is 14.2 Å². The number of ether oxygens (including phenoxy) is 3. The third kappa shape index (κ3) is 3.98. The SMILES string of the molecule is C[C@@H]1CN(C(=O)COC[C@@H]2CCCO2)C[C@H]1N1CCOCC1. The maximum atomic E-state index is 12.3. The Balaban J connectivity index is 1.41. The van der Waals surface area contributed by atoms with Crippen molar-refractivity contribution in [2.75, 3.05) is 59.2 Å². The lowest BCUT2D eigenvalue weighted by molar-refractivity contribution is -0.136. The van der Waals surface area contributed by atoms with Crippen LogP contribution in [0.5, 0.6) is 0 Å². The molecule has 6 nitrogen and oxygen atoms in total. The molecule has 3 rings (SSSR count). The standard InChI is InChI=1S/C16H28N2O4/c1-13-9-18(10-15(13)17-4-7-20-8-5-17)16(19)12-21-11-14-3-2-6-22-14/h13-15H,2-12H2,1H3/t13-,14+,15-/m1/s1. The Bertz CT molecular complexity index is 367. The highest BCUT2D eigenvalue weighted by Crippen LogP contribution is 2.23. The zero-order valence-electron chi connectivity index (χ0n) is 13.5. The van der Waals surface area contributed by atoms with Crippen molar-refractivity contribution in [1.29, 1.82) is 0 Å². The van der Waals surface area contributed by atoms with Crippen LogP contribution < -0.4 is 0 Å². The quantitative estimate of drug-likeness (QED) is 0.734. The molecule has 0 spiro atoms. The second kappa shape index (κ2) is 7.73. The van der Waals surface area contributed by atoms with Crippen LogP contribution in [0.1, 0.15) is 19.8 Å². The van der Waals surface area contributed by atoms with Crippen LogP contribution in [0.25, 0.3) is 0 Å². The smallest absolute Gasteiger partial charge is 0.248 e. The van der Waals surface area contributed by atoms with Gasteiger partial charge in [-0.15, -0.1) is 0 Å². The average Bonchev–Trinajstić information content (AvgIpc) is 3.17. The molecule has 3 aliphatic heterocycles. The maximum absolute atomic E-state index is 12.3. The number of carbonyl (C=O) groups excluding carboxylic acids is 1. The van der Waals surface area contributed by atoms with E-state index in [0.717, 1.165) is 58.8 Å². The number of hydrogen-bond donors (Lipinski definition) is 0. The molecule has 6 heteroatoms. The van der Waals surface area contributed by atoms with Crippen LogP contribution in [-0.2, 0) is 19.0 Å². The molecule has 0 aromatic rings. The van der Waals surface area contributed by atoms with Crippen LogP contribution in [0, 0.1) is 5.92 Å². The lowest BCUT2D eigenvalue weighted by atomic mass is 10.0. The lowest BCUT2D eigenvalue weighted by Crippen LogP contribution is -2.47. The molecule has 0 aliphatic carbocycles. The zero-order chi connectivity index (χ0) is 15.4. The third-order valence-electron chi connectivity index (χ3n) is 4.99. The summed E-state index contributed by atoms with van der Waals surface area (Å²) in [5.74, 6) is 0.626. The first-order chi connectivity index (χ1) is 10.7. The van der Waals surface area contributed by atoms with E-state index < -0.39 is 0 Å². The summed E-state index contributed by atoms with van der Waals surface area (Å²) < 4.78 is 16.5. The van der Waals surface area contributed by atoms with Gasteiger partial charge in [-0.25, -0.2) is 0 Å². The van der Waals surface area contributed by atoms with E-state index in [2.05, 4.69) is 11.8 Å². The van der Waals surface area contributed by atoms with Gasteiger partial charge in [-0.1, -0.05) is 6.92 Å². The van der Waals surface area contributed by atoms with Gasteiger partial charge in [0.05, 0.1) is 25.9 Å². The highest BCUT2D eigenvalue weighted by atomic mass is 16.5. The monoisotopic (exact) mass is 312 g/mol. The van der Waals surface area contributed by atoms with E-state index >= 15 is 0 Å². The zero-order valence-corrected chi connectivity index (χ0v) is 13.5. The molecule has 0 unspecified atom stereocenters. The van der Waals surface area contributed by atoms with Crippen LogP contribution >= 0.6 is 0 Å². The molecule has 3 fully saturated rings. The highest BCUT2D eigenvalue weighted by Gasteiger charge is 2.36. The third-order valence-corrected chi connectivity index (χ3v) is 4.99. The molecule has 3 aliphatic rings. The number of carbonyl (C=O) groups is 1. The summed E-state index contributed by atoms with van der Waals surface area (Å²) in [5.41, 5.74) is 0. The van der Waals surface area contributed by atoms with Crippen molar-refractivity contribution in [2.24, 2.45) is 5.92 Å². The molecule has 3 atom stereocenters. The summed E-state index contributed by atoms with van der Waals surface area (Å²) in [6.45, 7) is 9.02. The van der Waals surface area contributed by atoms with Gasteiger partial charge < -0.3 is 19.1 Å². The lowest BCUT2D eigenvalue weighted by Gasteiger charge is -2.33. The average molecular weight is 312 g/mol. The largest absolute Gasteiger partial charge is 0.379 e. The molecule has 0 aromatic heterocycles. The van der Waals surface area contributed by atoms with E-state index in [-0.39, 0.29) is 18.6 Å². The fraction of sp³-hybridized carbons (Fsp3) is 0.938. The fourth-order valence-electron chi connectivity index (χ4n) is 3.68. The molecule has 0 aromatic carbocycles. The van der Waals surface area contributed by atoms with Gasteiger partial charge in [-0.05, 0) is 18.8 Å². The van der Waals surface area contributed by atoms with Crippen molar-refractivity contribution in [3.05, 3.63) is 0 Å². The van der Waals surface area contributed by atoms with Gasteiger partial charge in [-0.2, -0.15) is 0 Å². The van der Waals surface area contributed by atoms with E-state index in [1.165, 1.54) is 0 Å². The molecule has 3 saturated heterocycles. The molecule has 0 radical (unpaired) electrons. The van der Waals surface area contributed by atoms with E-state index in [0.29, 0.717) is 18.6 Å². The molecule has 126 valence electrons. The van der Waals surface area contributed by atoms with Gasteiger partial charge in [0.15, 0.2) is 0 Å². The summed E-state index contributed by atoms with van der Waals surface area (Å²) >= 11 is 0. The number of amides is 1. The van der Waals surface area contributed by atoms with Crippen LogP contribution in [-0.4, -0.2) is 87.1 Å². The number of hydrogen-bond acceptors (Lipinski definition) is 5. The molecular formula is C16H28N2O4. The van der Waals surface area contributed by atoms with Crippen LogP contribution in [0.4, 0.5) is 0 Å². The molecule has 3 heterocycles. The van der Waals surface area contributed by atoms with Gasteiger partial charge in [0.1, 0.15) is 6.61 Å². The summed E-state index contributed by atoms with van der Waals surface area (Å²) in [5, 5.41) is 0. The first-order valence-electron chi connectivity index (χ1n) is 8.53. The fourth-order valence-corrected chi connectivity index (χ4v) is 3.68. The van der Waals surface area contributed by atoms with Crippen molar-refractivity contribution < 1.29 is 19.0 Å². The second-order valence-electron chi connectivity index (χ2n) is 6.64. The van der Waals surface area contributed by atoms with Crippen LogP contribution in [0.3, 0.4) is 0 Å².